The van der Waals surface area contributed by atoms with Crippen molar-refractivity contribution in [1.29, 1.82) is 0 Å². The number of benzene rings is 2. The van der Waals surface area contributed by atoms with Crippen molar-refractivity contribution >= 4 is 10.9 Å². The zero-order valence-electron chi connectivity index (χ0n) is 14.8. The Labute approximate surface area is 147 Å². The summed E-state index contributed by atoms with van der Waals surface area (Å²) in [4.78, 5) is 2.37. The molecule has 1 aliphatic heterocycles. The van der Waals surface area contributed by atoms with Gasteiger partial charge in [0.25, 0.3) is 0 Å². The Morgan fingerprint density at radius 3 is 2.68 bits per heavy atom. The van der Waals surface area contributed by atoms with Gasteiger partial charge in [0.2, 0.25) is 0 Å². The third-order valence-electron chi connectivity index (χ3n) is 5.28. The molecule has 2 aromatic carbocycles. The van der Waals surface area contributed by atoms with Crippen molar-refractivity contribution in [3.05, 3.63) is 70.7 Å². The van der Waals surface area contributed by atoms with Crippen LogP contribution < -0.4 is 5.73 Å². The van der Waals surface area contributed by atoms with Gasteiger partial charge in [-0.3, -0.25) is 0 Å². The van der Waals surface area contributed by atoms with Crippen molar-refractivity contribution < 1.29 is 4.39 Å². The number of aryl methyl sites for hydroxylation is 1. The summed E-state index contributed by atoms with van der Waals surface area (Å²) in [6, 6.07) is 13.0. The standard InChI is InChI=1S/C21H24FN3/c1-14-3-8-20-17(11-14)18-12-24(2)10-9-21(18)25(20)13-19(23)15-4-6-16(22)7-5-15/h3-8,11,19H,9-10,12-13,23H2,1-2H3. The molecule has 130 valence electrons. The van der Waals surface area contributed by atoms with Gasteiger partial charge >= 0.3 is 0 Å². The van der Waals surface area contributed by atoms with Crippen LogP contribution >= 0.6 is 0 Å². The molecular weight excluding hydrogens is 313 g/mol. The van der Waals surface area contributed by atoms with Crippen molar-refractivity contribution in [3.63, 3.8) is 0 Å². The van der Waals surface area contributed by atoms with Crippen molar-refractivity contribution in [2.75, 3.05) is 13.6 Å². The predicted molar refractivity (Wildman–Crippen MR) is 100 cm³/mol. The summed E-state index contributed by atoms with van der Waals surface area (Å²) in [6.07, 6.45) is 1.04. The van der Waals surface area contributed by atoms with Gasteiger partial charge in [0.05, 0.1) is 0 Å². The number of halogens is 1. The van der Waals surface area contributed by atoms with E-state index in [1.54, 1.807) is 12.1 Å². The smallest absolute Gasteiger partial charge is 0.123 e. The molecule has 0 aliphatic carbocycles. The normalized spacial score (nSPS) is 16.2. The zero-order valence-corrected chi connectivity index (χ0v) is 14.8. The van der Waals surface area contributed by atoms with E-state index < -0.39 is 0 Å². The van der Waals surface area contributed by atoms with Crippen LogP contribution in [0.3, 0.4) is 0 Å². The number of hydrogen-bond acceptors (Lipinski definition) is 2. The average molecular weight is 337 g/mol. The minimum absolute atomic E-state index is 0.152. The first-order valence-corrected chi connectivity index (χ1v) is 8.83. The van der Waals surface area contributed by atoms with Gasteiger partial charge in [0.15, 0.2) is 0 Å². The fourth-order valence-corrected chi connectivity index (χ4v) is 3.92. The van der Waals surface area contributed by atoms with E-state index in [9.17, 15) is 4.39 Å². The summed E-state index contributed by atoms with van der Waals surface area (Å²) in [5.41, 5.74) is 12.8. The van der Waals surface area contributed by atoms with Gasteiger partial charge in [-0.25, -0.2) is 4.39 Å². The lowest BCUT2D eigenvalue weighted by atomic mass is 10.0. The van der Waals surface area contributed by atoms with Crippen LogP contribution in [0.15, 0.2) is 42.5 Å². The second kappa shape index (κ2) is 6.28. The summed E-state index contributed by atoms with van der Waals surface area (Å²) in [5.74, 6) is -0.224. The molecule has 3 aromatic rings. The highest BCUT2D eigenvalue weighted by Gasteiger charge is 2.23. The molecular formula is C21H24FN3. The van der Waals surface area contributed by atoms with Gasteiger partial charge in [-0.1, -0.05) is 23.8 Å². The molecule has 3 nitrogen and oxygen atoms in total. The lowest BCUT2D eigenvalue weighted by Gasteiger charge is -2.25. The van der Waals surface area contributed by atoms with E-state index in [2.05, 4.69) is 41.6 Å². The molecule has 4 heteroatoms. The van der Waals surface area contributed by atoms with Crippen LogP contribution in [0.4, 0.5) is 4.39 Å². The molecule has 2 N–H and O–H groups in total. The lowest BCUT2D eigenvalue weighted by Crippen LogP contribution is -2.28. The summed E-state index contributed by atoms with van der Waals surface area (Å²) in [6.45, 7) is 4.90. The number of likely N-dealkylation sites (N-methyl/N-ethyl adjacent to an activating group) is 1. The van der Waals surface area contributed by atoms with Crippen LogP contribution in [0.1, 0.15) is 28.4 Å². The molecule has 0 saturated carbocycles. The molecule has 0 radical (unpaired) electrons. The minimum atomic E-state index is -0.224. The van der Waals surface area contributed by atoms with E-state index in [-0.39, 0.29) is 11.9 Å². The van der Waals surface area contributed by atoms with E-state index in [0.717, 1.165) is 25.1 Å². The lowest BCUT2D eigenvalue weighted by molar-refractivity contribution is 0.308. The minimum Gasteiger partial charge on any atom is -0.342 e. The molecule has 0 spiro atoms. The van der Waals surface area contributed by atoms with Crippen LogP contribution in [-0.4, -0.2) is 23.1 Å². The molecule has 0 bridgehead atoms. The Morgan fingerprint density at radius 1 is 1.16 bits per heavy atom. The Morgan fingerprint density at radius 2 is 1.92 bits per heavy atom. The Bertz CT molecular complexity index is 911. The SMILES string of the molecule is Cc1ccc2c(c1)c1c(n2CC(N)c2ccc(F)cc2)CCN(C)C1. The first kappa shape index (κ1) is 16.3. The molecule has 1 aromatic heterocycles. The van der Waals surface area contributed by atoms with Crippen LogP contribution in [0.5, 0.6) is 0 Å². The summed E-state index contributed by atoms with van der Waals surface area (Å²) >= 11 is 0. The number of nitrogens with two attached hydrogens (primary N) is 1. The molecule has 2 heterocycles. The number of fused-ring (bicyclic) bond motifs is 3. The molecule has 4 rings (SSSR count). The van der Waals surface area contributed by atoms with Gasteiger partial charge in [0.1, 0.15) is 5.82 Å². The van der Waals surface area contributed by atoms with Crippen LogP contribution in [0.25, 0.3) is 10.9 Å². The van der Waals surface area contributed by atoms with Crippen LogP contribution in [0, 0.1) is 12.7 Å². The van der Waals surface area contributed by atoms with Gasteiger partial charge < -0.3 is 15.2 Å². The molecule has 1 aliphatic rings. The van der Waals surface area contributed by atoms with Crippen molar-refractivity contribution in [1.82, 2.24) is 9.47 Å². The first-order valence-electron chi connectivity index (χ1n) is 8.83. The van der Waals surface area contributed by atoms with Crippen molar-refractivity contribution in [3.8, 4) is 0 Å². The zero-order chi connectivity index (χ0) is 17.6. The van der Waals surface area contributed by atoms with Gasteiger partial charge in [-0.2, -0.15) is 0 Å². The Hall–Kier alpha value is -2.17. The highest BCUT2D eigenvalue weighted by Crippen LogP contribution is 2.32. The van der Waals surface area contributed by atoms with Crippen molar-refractivity contribution in [2.24, 2.45) is 5.73 Å². The maximum absolute atomic E-state index is 13.2. The van der Waals surface area contributed by atoms with E-state index in [0.29, 0.717) is 6.54 Å². The number of rotatable bonds is 3. The third kappa shape index (κ3) is 2.96. The topological polar surface area (TPSA) is 34.2 Å². The maximum atomic E-state index is 13.2. The summed E-state index contributed by atoms with van der Waals surface area (Å²) in [5, 5.41) is 1.34. The molecule has 25 heavy (non-hydrogen) atoms. The molecule has 1 atom stereocenters. The second-order valence-corrected chi connectivity index (χ2v) is 7.20. The van der Waals surface area contributed by atoms with E-state index in [4.69, 9.17) is 5.73 Å². The number of aromatic nitrogens is 1. The van der Waals surface area contributed by atoms with E-state index >= 15 is 0 Å². The average Bonchev–Trinajstić information content (AvgIpc) is 2.88. The largest absolute Gasteiger partial charge is 0.342 e. The summed E-state index contributed by atoms with van der Waals surface area (Å²) < 4.78 is 15.6. The van der Waals surface area contributed by atoms with E-state index in [1.807, 2.05) is 0 Å². The Kier molecular flexibility index (Phi) is 4.10. The highest BCUT2D eigenvalue weighted by atomic mass is 19.1. The van der Waals surface area contributed by atoms with Crippen LogP contribution in [0.2, 0.25) is 0 Å². The van der Waals surface area contributed by atoms with Crippen LogP contribution in [-0.2, 0) is 19.5 Å². The first-order chi connectivity index (χ1) is 12.0. The van der Waals surface area contributed by atoms with Gasteiger partial charge in [-0.05, 0) is 49.4 Å². The van der Waals surface area contributed by atoms with E-state index in [1.165, 1.54) is 39.9 Å². The fourth-order valence-electron chi connectivity index (χ4n) is 3.92. The highest BCUT2D eigenvalue weighted by molar-refractivity contribution is 5.86. The molecule has 0 amide bonds. The monoisotopic (exact) mass is 337 g/mol. The quantitative estimate of drug-likeness (QED) is 0.789. The molecule has 0 saturated heterocycles. The molecule has 1 unspecified atom stereocenters. The van der Waals surface area contributed by atoms with Crippen molar-refractivity contribution in [2.45, 2.75) is 32.5 Å². The van der Waals surface area contributed by atoms with Gasteiger partial charge in [0, 0.05) is 48.7 Å². The summed E-state index contributed by atoms with van der Waals surface area (Å²) in [7, 11) is 2.17. The third-order valence-corrected chi connectivity index (χ3v) is 5.28. The Balaban J connectivity index is 1.77. The predicted octanol–water partition coefficient (Wildman–Crippen LogP) is 3.78. The second-order valence-electron chi connectivity index (χ2n) is 7.20. The fraction of sp³-hybridized carbons (Fsp3) is 0.333. The van der Waals surface area contributed by atoms with Gasteiger partial charge in [-0.15, -0.1) is 0 Å². The number of nitrogens with zero attached hydrogens (tertiary/aromatic N) is 2. The molecule has 0 fully saturated rings. The number of hydrogen-bond donors (Lipinski definition) is 1. The maximum Gasteiger partial charge on any atom is 0.123 e.